The Bertz CT molecular complexity index is 1080. The molecule has 0 unspecified atom stereocenters. The molecule has 1 aliphatic rings. The Morgan fingerprint density at radius 2 is 1.68 bits per heavy atom. The summed E-state index contributed by atoms with van der Waals surface area (Å²) in [6, 6.07) is 13.6. The van der Waals surface area contributed by atoms with Crippen molar-refractivity contribution in [3.63, 3.8) is 0 Å². The van der Waals surface area contributed by atoms with Crippen molar-refractivity contribution < 1.29 is 18.8 Å². The smallest absolute Gasteiger partial charge is 0.289 e. The van der Waals surface area contributed by atoms with Crippen molar-refractivity contribution >= 4 is 35.0 Å². The molecular weight excluding hydrogens is 420 g/mol. The summed E-state index contributed by atoms with van der Waals surface area (Å²) in [5, 5.41) is 3.30. The van der Waals surface area contributed by atoms with Gasteiger partial charge < -0.3 is 24.1 Å². The zero-order valence-corrected chi connectivity index (χ0v) is 17.4. The van der Waals surface area contributed by atoms with Crippen LogP contribution in [0.15, 0.2) is 65.4 Å². The van der Waals surface area contributed by atoms with Gasteiger partial charge in [-0.3, -0.25) is 14.4 Å². The van der Waals surface area contributed by atoms with E-state index in [0.29, 0.717) is 48.3 Å². The van der Waals surface area contributed by atoms with Gasteiger partial charge in [-0.05, 0) is 42.5 Å². The summed E-state index contributed by atoms with van der Waals surface area (Å²) in [5.74, 6) is -0.329. The average Bonchev–Trinajstić information content (AvgIpc) is 3.45. The molecule has 3 heterocycles. The van der Waals surface area contributed by atoms with Gasteiger partial charge in [0.25, 0.3) is 11.8 Å². The summed E-state index contributed by atoms with van der Waals surface area (Å²) in [6.45, 7) is 1.65. The van der Waals surface area contributed by atoms with Crippen LogP contribution in [0.5, 0.6) is 0 Å². The van der Waals surface area contributed by atoms with Gasteiger partial charge in [-0.2, -0.15) is 0 Å². The van der Waals surface area contributed by atoms with E-state index in [0.717, 1.165) is 0 Å². The Labute approximate surface area is 184 Å². The van der Waals surface area contributed by atoms with E-state index in [-0.39, 0.29) is 24.3 Å². The molecule has 0 bridgehead atoms. The molecule has 1 aromatic carbocycles. The highest BCUT2D eigenvalue weighted by Gasteiger charge is 2.27. The van der Waals surface area contributed by atoms with E-state index in [2.05, 4.69) is 5.32 Å². The monoisotopic (exact) mass is 440 g/mol. The third kappa shape index (κ3) is 4.80. The Kier molecular flexibility index (Phi) is 6.08. The maximum absolute atomic E-state index is 13.0. The number of anilines is 1. The SMILES string of the molecule is O=C(Cn1cccc1C(=O)N1CCN(C(=O)c2ccco2)CC1)Nc1cccc(Cl)c1. The van der Waals surface area contributed by atoms with E-state index < -0.39 is 0 Å². The van der Waals surface area contributed by atoms with Crippen LogP contribution in [-0.4, -0.2) is 58.3 Å². The summed E-state index contributed by atoms with van der Waals surface area (Å²) in [5.41, 5.74) is 1.02. The van der Waals surface area contributed by atoms with Crippen molar-refractivity contribution in [3.8, 4) is 0 Å². The second-order valence-corrected chi connectivity index (χ2v) is 7.58. The van der Waals surface area contributed by atoms with Crippen molar-refractivity contribution in [3.05, 3.63) is 77.5 Å². The first-order valence-electron chi connectivity index (χ1n) is 9.84. The van der Waals surface area contributed by atoms with E-state index in [1.165, 1.54) is 6.26 Å². The minimum absolute atomic E-state index is 0.00245. The van der Waals surface area contributed by atoms with E-state index in [9.17, 15) is 14.4 Å². The number of rotatable bonds is 5. The van der Waals surface area contributed by atoms with Gasteiger partial charge in [-0.15, -0.1) is 0 Å². The van der Waals surface area contributed by atoms with Gasteiger partial charge in [0.2, 0.25) is 5.91 Å². The van der Waals surface area contributed by atoms with Crippen LogP contribution >= 0.6 is 11.6 Å². The fourth-order valence-electron chi connectivity index (χ4n) is 3.50. The van der Waals surface area contributed by atoms with Gasteiger partial charge in [-0.1, -0.05) is 17.7 Å². The first-order valence-corrected chi connectivity index (χ1v) is 10.2. The van der Waals surface area contributed by atoms with Crippen molar-refractivity contribution in [1.29, 1.82) is 0 Å². The van der Waals surface area contributed by atoms with E-state index in [4.69, 9.17) is 16.0 Å². The first kappa shape index (κ1) is 20.7. The molecule has 2 aromatic heterocycles. The van der Waals surface area contributed by atoms with Gasteiger partial charge in [0.1, 0.15) is 12.2 Å². The van der Waals surface area contributed by atoms with Crippen LogP contribution in [0.2, 0.25) is 5.02 Å². The molecule has 1 aliphatic heterocycles. The lowest BCUT2D eigenvalue weighted by Gasteiger charge is -2.34. The van der Waals surface area contributed by atoms with Gasteiger partial charge in [0.15, 0.2) is 5.76 Å². The van der Waals surface area contributed by atoms with Crippen LogP contribution in [0.25, 0.3) is 0 Å². The average molecular weight is 441 g/mol. The van der Waals surface area contributed by atoms with Crippen LogP contribution in [0.3, 0.4) is 0 Å². The maximum atomic E-state index is 13.0. The lowest BCUT2D eigenvalue weighted by Crippen LogP contribution is -2.50. The molecule has 0 spiro atoms. The number of benzene rings is 1. The fraction of sp³-hybridized carbons (Fsp3) is 0.227. The number of nitrogens with one attached hydrogen (secondary N) is 1. The molecular formula is C22H21ClN4O4. The number of halogens is 1. The predicted octanol–water partition coefficient (Wildman–Crippen LogP) is 2.97. The maximum Gasteiger partial charge on any atom is 0.289 e. The molecule has 4 rings (SSSR count). The number of carbonyl (C=O) groups is 3. The lowest BCUT2D eigenvalue weighted by molar-refractivity contribution is -0.116. The second-order valence-electron chi connectivity index (χ2n) is 7.14. The molecule has 1 fully saturated rings. The van der Waals surface area contributed by atoms with Crippen molar-refractivity contribution in [2.24, 2.45) is 0 Å². The minimum atomic E-state index is -0.263. The second kappa shape index (κ2) is 9.09. The number of furan rings is 1. The summed E-state index contributed by atoms with van der Waals surface area (Å²) < 4.78 is 6.78. The first-order chi connectivity index (χ1) is 15.0. The highest BCUT2D eigenvalue weighted by Crippen LogP contribution is 2.16. The number of aromatic nitrogens is 1. The standard InChI is InChI=1S/C22H21ClN4O4/c23-16-4-1-5-17(14-16)24-20(28)15-27-8-2-6-18(27)21(29)25-9-11-26(12-10-25)22(30)19-7-3-13-31-19/h1-8,13-14H,9-12,15H2,(H,24,28). The predicted molar refractivity (Wildman–Crippen MR) is 115 cm³/mol. The zero-order valence-electron chi connectivity index (χ0n) is 16.7. The Balaban J connectivity index is 1.35. The van der Waals surface area contributed by atoms with E-state index >= 15 is 0 Å². The molecule has 0 aliphatic carbocycles. The molecule has 0 saturated carbocycles. The molecule has 0 atom stereocenters. The molecule has 0 radical (unpaired) electrons. The number of piperazine rings is 1. The number of carbonyl (C=O) groups excluding carboxylic acids is 3. The Hall–Kier alpha value is -3.52. The van der Waals surface area contributed by atoms with Crippen molar-refractivity contribution in [2.45, 2.75) is 6.54 Å². The van der Waals surface area contributed by atoms with Gasteiger partial charge in [-0.25, -0.2) is 0 Å². The van der Waals surface area contributed by atoms with Gasteiger partial charge in [0.05, 0.1) is 6.26 Å². The Morgan fingerprint density at radius 1 is 0.935 bits per heavy atom. The van der Waals surface area contributed by atoms with Crippen LogP contribution in [0, 0.1) is 0 Å². The number of nitrogens with zero attached hydrogens (tertiary/aromatic N) is 3. The quantitative estimate of drug-likeness (QED) is 0.660. The van der Waals surface area contributed by atoms with E-state index in [1.807, 2.05) is 0 Å². The van der Waals surface area contributed by atoms with Gasteiger partial charge in [0, 0.05) is 43.1 Å². The molecule has 31 heavy (non-hydrogen) atoms. The van der Waals surface area contributed by atoms with Crippen LogP contribution < -0.4 is 5.32 Å². The molecule has 8 nitrogen and oxygen atoms in total. The molecule has 1 saturated heterocycles. The molecule has 160 valence electrons. The number of hydrogen-bond donors (Lipinski definition) is 1. The topological polar surface area (TPSA) is 87.8 Å². The minimum Gasteiger partial charge on any atom is -0.459 e. The largest absolute Gasteiger partial charge is 0.459 e. The van der Waals surface area contributed by atoms with Crippen LogP contribution in [-0.2, 0) is 11.3 Å². The van der Waals surface area contributed by atoms with Crippen molar-refractivity contribution in [2.75, 3.05) is 31.5 Å². The van der Waals surface area contributed by atoms with Crippen molar-refractivity contribution in [1.82, 2.24) is 14.4 Å². The van der Waals surface area contributed by atoms with Crippen LogP contribution in [0.4, 0.5) is 5.69 Å². The molecule has 3 amide bonds. The highest BCUT2D eigenvalue weighted by molar-refractivity contribution is 6.30. The summed E-state index contributed by atoms with van der Waals surface area (Å²) in [4.78, 5) is 41.2. The lowest BCUT2D eigenvalue weighted by atomic mass is 10.2. The highest BCUT2D eigenvalue weighted by atomic mass is 35.5. The number of hydrogen-bond acceptors (Lipinski definition) is 4. The Morgan fingerprint density at radius 3 is 2.35 bits per heavy atom. The summed E-state index contributed by atoms with van der Waals surface area (Å²) in [7, 11) is 0. The van der Waals surface area contributed by atoms with Crippen LogP contribution in [0.1, 0.15) is 21.0 Å². The zero-order chi connectivity index (χ0) is 21.8. The molecule has 1 N–H and O–H groups in total. The summed E-state index contributed by atoms with van der Waals surface area (Å²) in [6.07, 6.45) is 3.16. The third-order valence-electron chi connectivity index (χ3n) is 5.06. The van der Waals surface area contributed by atoms with E-state index in [1.54, 1.807) is 69.1 Å². The third-order valence-corrected chi connectivity index (χ3v) is 5.29. The normalized spacial score (nSPS) is 13.8. The molecule has 3 aromatic rings. The number of amides is 3. The fourth-order valence-corrected chi connectivity index (χ4v) is 3.69. The summed E-state index contributed by atoms with van der Waals surface area (Å²) >= 11 is 5.95. The van der Waals surface area contributed by atoms with Gasteiger partial charge >= 0.3 is 0 Å². The molecule has 9 heteroatoms.